The van der Waals surface area contributed by atoms with E-state index in [2.05, 4.69) is 37.0 Å². The minimum Gasteiger partial charge on any atom is -0.431 e. The van der Waals surface area contributed by atoms with Gasteiger partial charge in [0.2, 0.25) is 0 Å². The smallest absolute Gasteiger partial charge is 0.256 e. The normalized spacial score (nSPS) is 12.7. The first-order valence-corrected chi connectivity index (χ1v) is 7.93. The highest BCUT2D eigenvalue weighted by atomic mass is 32.2. The maximum absolute atomic E-state index is 6.27. The van der Waals surface area contributed by atoms with Crippen molar-refractivity contribution >= 4 is 22.9 Å². The van der Waals surface area contributed by atoms with Crippen LogP contribution in [0.1, 0.15) is 22.7 Å². The maximum atomic E-state index is 6.27. The van der Waals surface area contributed by atoms with Crippen LogP contribution in [0.25, 0.3) is 11.1 Å². The summed E-state index contributed by atoms with van der Waals surface area (Å²) in [5.41, 5.74) is 11.7. The molecule has 1 atom stereocenters. The minimum absolute atomic E-state index is 0.0238. The summed E-state index contributed by atoms with van der Waals surface area (Å²) in [7, 11) is 0. The molecule has 0 aliphatic heterocycles. The lowest BCUT2D eigenvalue weighted by Gasteiger charge is -2.12. The monoisotopic (exact) mass is 298 g/mol. The Morgan fingerprint density at radius 2 is 1.95 bits per heavy atom. The highest BCUT2D eigenvalue weighted by Crippen LogP contribution is 2.26. The van der Waals surface area contributed by atoms with Gasteiger partial charge in [-0.2, -0.15) is 0 Å². The quantitative estimate of drug-likeness (QED) is 0.732. The Morgan fingerprint density at radius 3 is 2.71 bits per heavy atom. The van der Waals surface area contributed by atoms with Crippen molar-refractivity contribution in [1.82, 2.24) is 4.98 Å². The highest BCUT2D eigenvalue weighted by molar-refractivity contribution is 7.99. The number of hydrogen-bond acceptors (Lipinski definition) is 4. The lowest BCUT2D eigenvalue weighted by Crippen LogP contribution is -2.13. The van der Waals surface area contributed by atoms with Gasteiger partial charge in [-0.3, -0.25) is 0 Å². The third-order valence-corrected chi connectivity index (χ3v) is 4.57. The molecule has 4 heteroatoms. The van der Waals surface area contributed by atoms with Crippen LogP contribution in [-0.2, 0) is 0 Å². The van der Waals surface area contributed by atoms with Crippen molar-refractivity contribution in [1.29, 1.82) is 0 Å². The predicted molar refractivity (Wildman–Crippen MR) is 87.6 cm³/mol. The molecule has 0 bridgehead atoms. The number of nitrogens with two attached hydrogens (primary N) is 1. The van der Waals surface area contributed by atoms with E-state index in [0.717, 1.165) is 22.4 Å². The molecule has 3 nitrogen and oxygen atoms in total. The second-order valence-corrected chi connectivity index (χ2v) is 6.18. The summed E-state index contributed by atoms with van der Waals surface area (Å²) >= 11 is 1.56. The molecular weight excluding hydrogens is 280 g/mol. The number of fused-ring (bicyclic) bond motifs is 1. The van der Waals surface area contributed by atoms with Crippen LogP contribution in [0.4, 0.5) is 0 Å². The molecule has 3 aromatic rings. The minimum atomic E-state index is -0.0238. The van der Waals surface area contributed by atoms with Gasteiger partial charge in [0.05, 0.1) is 0 Å². The predicted octanol–water partition coefficient (Wildman–Crippen LogP) is 4.24. The van der Waals surface area contributed by atoms with Gasteiger partial charge in [0.1, 0.15) is 5.52 Å². The van der Waals surface area contributed by atoms with Crippen LogP contribution >= 0.6 is 11.8 Å². The summed E-state index contributed by atoms with van der Waals surface area (Å²) in [6.07, 6.45) is 0. The zero-order valence-electron chi connectivity index (χ0n) is 12.2. The molecule has 0 aliphatic rings. The van der Waals surface area contributed by atoms with E-state index in [9.17, 15) is 0 Å². The van der Waals surface area contributed by atoms with E-state index in [-0.39, 0.29) is 6.04 Å². The van der Waals surface area contributed by atoms with E-state index >= 15 is 0 Å². The molecule has 0 saturated heterocycles. The number of benzene rings is 2. The molecule has 0 amide bonds. The van der Waals surface area contributed by atoms with Gasteiger partial charge in [0.25, 0.3) is 5.22 Å². The number of rotatable bonds is 4. The number of hydrogen-bond donors (Lipinski definition) is 1. The molecule has 0 radical (unpaired) electrons. The largest absolute Gasteiger partial charge is 0.431 e. The average molecular weight is 298 g/mol. The molecule has 0 saturated carbocycles. The van der Waals surface area contributed by atoms with E-state index in [1.807, 2.05) is 24.3 Å². The molecular formula is C17H18N2OS. The molecule has 2 aromatic carbocycles. The summed E-state index contributed by atoms with van der Waals surface area (Å²) in [6.45, 7) is 4.22. The van der Waals surface area contributed by atoms with Crippen molar-refractivity contribution in [2.45, 2.75) is 25.1 Å². The fourth-order valence-corrected chi connectivity index (χ4v) is 2.99. The van der Waals surface area contributed by atoms with E-state index < -0.39 is 0 Å². The Hall–Kier alpha value is -1.78. The number of aryl methyl sites for hydroxylation is 2. The lowest BCUT2D eigenvalue weighted by molar-refractivity contribution is 0.489. The van der Waals surface area contributed by atoms with Gasteiger partial charge in [0.15, 0.2) is 5.58 Å². The van der Waals surface area contributed by atoms with E-state index in [4.69, 9.17) is 10.2 Å². The first kappa shape index (κ1) is 14.2. The van der Waals surface area contributed by atoms with Gasteiger partial charge in [-0.1, -0.05) is 42.1 Å². The average Bonchev–Trinajstić information content (AvgIpc) is 2.90. The molecule has 0 spiro atoms. The zero-order valence-corrected chi connectivity index (χ0v) is 13.0. The second-order valence-electron chi connectivity index (χ2n) is 5.21. The van der Waals surface area contributed by atoms with Gasteiger partial charge in [-0.25, -0.2) is 4.98 Å². The Balaban J connectivity index is 1.70. The fourth-order valence-electron chi connectivity index (χ4n) is 2.17. The third kappa shape index (κ3) is 3.12. The van der Waals surface area contributed by atoms with Crippen molar-refractivity contribution in [3.8, 4) is 0 Å². The second kappa shape index (κ2) is 5.92. The molecule has 1 unspecified atom stereocenters. The number of aromatic nitrogens is 1. The van der Waals surface area contributed by atoms with Gasteiger partial charge in [0, 0.05) is 11.8 Å². The summed E-state index contributed by atoms with van der Waals surface area (Å²) in [5, 5.41) is 0.676. The van der Waals surface area contributed by atoms with Crippen LogP contribution in [0, 0.1) is 13.8 Å². The number of thioether (sulfide) groups is 1. The molecule has 108 valence electrons. The fraction of sp³-hybridized carbons (Fsp3) is 0.235. The molecule has 0 fully saturated rings. The summed E-state index contributed by atoms with van der Waals surface area (Å²) in [4.78, 5) is 4.45. The van der Waals surface area contributed by atoms with Crippen LogP contribution in [-0.4, -0.2) is 10.7 Å². The van der Waals surface area contributed by atoms with Crippen LogP contribution < -0.4 is 5.73 Å². The van der Waals surface area contributed by atoms with Crippen LogP contribution in [0.5, 0.6) is 0 Å². The van der Waals surface area contributed by atoms with Crippen LogP contribution in [0.15, 0.2) is 52.1 Å². The number of oxazole rings is 1. The molecule has 0 aliphatic carbocycles. The molecule has 2 N–H and O–H groups in total. The molecule has 3 rings (SSSR count). The summed E-state index contributed by atoms with van der Waals surface area (Å²) in [5.74, 6) is 0.745. The number of para-hydroxylation sites is 2. The van der Waals surface area contributed by atoms with Gasteiger partial charge in [-0.15, -0.1) is 0 Å². The molecule has 1 heterocycles. The van der Waals surface area contributed by atoms with Crippen molar-refractivity contribution in [2.24, 2.45) is 5.73 Å². The van der Waals surface area contributed by atoms with E-state index in [0.29, 0.717) is 5.22 Å². The maximum Gasteiger partial charge on any atom is 0.256 e. The zero-order chi connectivity index (χ0) is 14.8. The lowest BCUT2D eigenvalue weighted by atomic mass is 10.0. The van der Waals surface area contributed by atoms with Crippen molar-refractivity contribution in [3.63, 3.8) is 0 Å². The van der Waals surface area contributed by atoms with Crippen molar-refractivity contribution < 1.29 is 4.42 Å². The Kier molecular flexibility index (Phi) is 3.99. The van der Waals surface area contributed by atoms with Crippen molar-refractivity contribution in [3.05, 3.63) is 59.2 Å². The standard InChI is InChI=1S/C17H18N2OS/c1-11-7-8-13(9-12(11)2)14(18)10-21-17-19-15-5-3-4-6-16(15)20-17/h3-9,14H,10,18H2,1-2H3. The Bertz CT molecular complexity index is 733. The Morgan fingerprint density at radius 1 is 1.14 bits per heavy atom. The highest BCUT2D eigenvalue weighted by Gasteiger charge is 2.11. The molecule has 1 aromatic heterocycles. The van der Waals surface area contributed by atoms with Crippen LogP contribution in [0.2, 0.25) is 0 Å². The Labute approximate surface area is 128 Å². The van der Waals surface area contributed by atoms with E-state index in [1.165, 1.54) is 11.1 Å². The first-order valence-electron chi connectivity index (χ1n) is 6.94. The van der Waals surface area contributed by atoms with Gasteiger partial charge < -0.3 is 10.2 Å². The van der Waals surface area contributed by atoms with E-state index in [1.54, 1.807) is 11.8 Å². The SMILES string of the molecule is Cc1ccc(C(N)CSc2nc3ccccc3o2)cc1C. The number of nitrogens with zero attached hydrogens (tertiary/aromatic N) is 1. The van der Waals surface area contributed by atoms with Crippen LogP contribution in [0.3, 0.4) is 0 Å². The van der Waals surface area contributed by atoms with Crippen molar-refractivity contribution in [2.75, 3.05) is 5.75 Å². The van der Waals surface area contributed by atoms with Gasteiger partial charge >= 0.3 is 0 Å². The molecule has 21 heavy (non-hydrogen) atoms. The summed E-state index contributed by atoms with van der Waals surface area (Å²) < 4.78 is 5.69. The van der Waals surface area contributed by atoms with Gasteiger partial charge in [-0.05, 0) is 42.7 Å². The topological polar surface area (TPSA) is 52.0 Å². The third-order valence-electron chi connectivity index (χ3n) is 3.62. The first-order chi connectivity index (χ1) is 10.1. The summed E-state index contributed by atoms with van der Waals surface area (Å²) in [6, 6.07) is 14.1.